The summed E-state index contributed by atoms with van der Waals surface area (Å²) in [6.45, 7) is 1.85. The first kappa shape index (κ1) is 16.8. The first-order valence-electron chi connectivity index (χ1n) is 8.05. The van der Waals surface area contributed by atoms with Crippen LogP contribution < -0.4 is 5.32 Å². The highest BCUT2D eigenvalue weighted by Gasteiger charge is 2.30. The van der Waals surface area contributed by atoms with Crippen LogP contribution in [0, 0.1) is 18.6 Å². The molecule has 4 rings (SSSR count). The molecule has 0 fully saturated rings. The van der Waals surface area contributed by atoms with Gasteiger partial charge in [-0.2, -0.15) is 5.10 Å². The molecule has 2 aromatic carbocycles. The number of thioether (sulfide) groups is 1. The molecule has 1 N–H and O–H groups in total. The summed E-state index contributed by atoms with van der Waals surface area (Å²) in [5.41, 5.74) is 2.97. The number of aromatic nitrogens is 2. The van der Waals surface area contributed by atoms with E-state index in [1.165, 1.54) is 36.0 Å². The molecule has 1 unspecified atom stereocenters. The van der Waals surface area contributed by atoms with Crippen LogP contribution in [0.4, 0.5) is 14.6 Å². The molecule has 1 aliphatic rings. The Labute approximate surface area is 153 Å². The SMILES string of the molecule is Cc1nn(-c2ccc(F)cc2)c2c1C(c1cccc(F)c1)SCC(=O)N2. The average Bonchev–Trinajstić information content (AvgIpc) is 2.82. The Bertz CT molecular complexity index is 985. The maximum absolute atomic E-state index is 13.7. The van der Waals surface area contributed by atoms with E-state index in [0.29, 0.717) is 11.5 Å². The minimum atomic E-state index is -0.346. The van der Waals surface area contributed by atoms with Crippen LogP contribution in [0.5, 0.6) is 0 Å². The predicted molar refractivity (Wildman–Crippen MR) is 97.6 cm³/mol. The standard InChI is InChI=1S/C19H15F2N3OS/c1-11-17-18(12-3-2-4-14(21)9-12)26-10-16(25)22-19(17)24(23-11)15-7-5-13(20)6-8-15/h2-9,18H,10H2,1H3,(H,22,25). The molecule has 2 heterocycles. The van der Waals surface area contributed by atoms with Crippen molar-refractivity contribution in [2.45, 2.75) is 12.2 Å². The lowest BCUT2D eigenvalue weighted by Crippen LogP contribution is -2.15. The molecule has 0 bridgehead atoms. The Morgan fingerprint density at radius 1 is 1.15 bits per heavy atom. The van der Waals surface area contributed by atoms with Gasteiger partial charge in [0.2, 0.25) is 5.91 Å². The number of anilines is 1. The fraction of sp³-hybridized carbons (Fsp3) is 0.158. The van der Waals surface area contributed by atoms with Gasteiger partial charge in [-0.05, 0) is 48.9 Å². The molecule has 0 saturated carbocycles. The van der Waals surface area contributed by atoms with Gasteiger partial charge in [0.15, 0.2) is 0 Å². The molecule has 26 heavy (non-hydrogen) atoms. The molecule has 132 valence electrons. The van der Waals surface area contributed by atoms with Gasteiger partial charge in [-0.25, -0.2) is 13.5 Å². The highest BCUT2D eigenvalue weighted by molar-refractivity contribution is 8.00. The highest BCUT2D eigenvalue weighted by atomic mass is 32.2. The van der Waals surface area contributed by atoms with Crippen molar-refractivity contribution in [3.05, 3.63) is 77.0 Å². The van der Waals surface area contributed by atoms with Gasteiger partial charge >= 0.3 is 0 Å². The Morgan fingerprint density at radius 3 is 2.65 bits per heavy atom. The maximum atomic E-state index is 13.7. The maximum Gasteiger partial charge on any atom is 0.235 e. The first-order chi connectivity index (χ1) is 12.5. The van der Waals surface area contributed by atoms with Crippen LogP contribution in [0.15, 0.2) is 48.5 Å². The van der Waals surface area contributed by atoms with Gasteiger partial charge in [-0.3, -0.25) is 4.79 Å². The molecule has 3 aromatic rings. The topological polar surface area (TPSA) is 46.9 Å². The number of carbonyl (C=O) groups is 1. The predicted octanol–water partition coefficient (Wildman–Crippen LogP) is 4.23. The van der Waals surface area contributed by atoms with E-state index in [2.05, 4.69) is 10.4 Å². The van der Waals surface area contributed by atoms with Gasteiger partial charge < -0.3 is 5.32 Å². The van der Waals surface area contributed by atoms with Crippen LogP contribution in [0.25, 0.3) is 5.69 Å². The summed E-state index contributed by atoms with van der Waals surface area (Å²) in [7, 11) is 0. The van der Waals surface area contributed by atoms with Crippen molar-refractivity contribution in [3.8, 4) is 5.69 Å². The van der Waals surface area contributed by atoms with E-state index in [4.69, 9.17) is 0 Å². The van der Waals surface area contributed by atoms with E-state index in [9.17, 15) is 13.6 Å². The molecule has 0 aliphatic carbocycles. The van der Waals surface area contributed by atoms with E-state index >= 15 is 0 Å². The summed E-state index contributed by atoms with van der Waals surface area (Å²) in [4.78, 5) is 12.2. The van der Waals surface area contributed by atoms with E-state index in [-0.39, 0.29) is 28.5 Å². The Hall–Kier alpha value is -2.67. The van der Waals surface area contributed by atoms with Gasteiger partial charge in [0.05, 0.1) is 22.4 Å². The van der Waals surface area contributed by atoms with Crippen LogP contribution in [0.3, 0.4) is 0 Å². The fourth-order valence-corrected chi connectivity index (χ4v) is 4.26. The molecule has 1 atom stereocenters. The third-order valence-corrected chi connectivity index (χ3v) is 5.50. The highest BCUT2D eigenvalue weighted by Crippen LogP contribution is 2.43. The molecular weight excluding hydrogens is 356 g/mol. The third-order valence-electron chi connectivity index (χ3n) is 4.23. The van der Waals surface area contributed by atoms with E-state index in [1.807, 2.05) is 13.0 Å². The van der Waals surface area contributed by atoms with Gasteiger partial charge in [-0.15, -0.1) is 11.8 Å². The molecule has 7 heteroatoms. The summed E-state index contributed by atoms with van der Waals surface area (Å²) >= 11 is 1.43. The third kappa shape index (κ3) is 2.99. The number of nitrogens with one attached hydrogen (secondary N) is 1. The molecule has 1 aromatic heterocycles. The smallest absolute Gasteiger partial charge is 0.235 e. The number of halogens is 2. The Morgan fingerprint density at radius 2 is 1.92 bits per heavy atom. The number of amides is 1. The van der Waals surface area contributed by atoms with Gasteiger partial charge in [0, 0.05) is 5.56 Å². The molecule has 0 radical (unpaired) electrons. The minimum Gasteiger partial charge on any atom is -0.310 e. The van der Waals surface area contributed by atoms with Gasteiger partial charge in [0.25, 0.3) is 0 Å². The molecule has 0 saturated heterocycles. The normalized spacial score (nSPS) is 16.7. The van der Waals surface area contributed by atoms with Crippen molar-refractivity contribution in [2.24, 2.45) is 0 Å². The second-order valence-electron chi connectivity index (χ2n) is 6.03. The zero-order chi connectivity index (χ0) is 18.3. The van der Waals surface area contributed by atoms with E-state index < -0.39 is 0 Å². The van der Waals surface area contributed by atoms with Crippen molar-refractivity contribution in [2.75, 3.05) is 11.1 Å². The number of carbonyl (C=O) groups excluding carboxylic acids is 1. The molecule has 1 aliphatic heterocycles. The van der Waals surface area contributed by atoms with Crippen molar-refractivity contribution in [3.63, 3.8) is 0 Å². The molecule has 4 nitrogen and oxygen atoms in total. The van der Waals surface area contributed by atoms with Crippen molar-refractivity contribution >= 4 is 23.5 Å². The quantitative estimate of drug-likeness (QED) is 0.733. The molecule has 0 spiro atoms. The van der Waals surface area contributed by atoms with Crippen LogP contribution in [0.2, 0.25) is 0 Å². The second-order valence-corrected chi connectivity index (χ2v) is 7.12. The Balaban J connectivity index is 1.89. The zero-order valence-corrected chi connectivity index (χ0v) is 14.7. The number of fused-ring (bicyclic) bond motifs is 1. The van der Waals surface area contributed by atoms with Crippen LogP contribution in [-0.4, -0.2) is 21.4 Å². The monoisotopic (exact) mass is 371 g/mol. The van der Waals surface area contributed by atoms with Crippen LogP contribution in [0.1, 0.15) is 22.1 Å². The molecule has 1 amide bonds. The van der Waals surface area contributed by atoms with Crippen molar-refractivity contribution in [1.82, 2.24) is 9.78 Å². The number of aryl methyl sites for hydroxylation is 1. The lowest BCUT2D eigenvalue weighted by Gasteiger charge is -2.15. The van der Waals surface area contributed by atoms with E-state index in [1.54, 1.807) is 22.9 Å². The lowest BCUT2D eigenvalue weighted by atomic mass is 10.0. The number of nitrogens with zero attached hydrogens (tertiary/aromatic N) is 2. The van der Waals surface area contributed by atoms with Crippen molar-refractivity contribution < 1.29 is 13.6 Å². The summed E-state index contributed by atoms with van der Waals surface area (Å²) in [6, 6.07) is 12.3. The number of benzene rings is 2. The largest absolute Gasteiger partial charge is 0.310 e. The summed E-state index contributed by atoms with van der Waals surface area (Å²) in [5.74, 6) is -0.0341. The lowest BCUT2D eigenvalue weighted by molar-refractivity contribution is -0.113. The van der Waals surface area contributed by atoms with Crippen molar-refractivity contribution in [1.29, 1.82) is 0 Å². The van der Waals surface area contributed by atoms with E-state index in [0.717, 1.165) is 16.8 Å². The second kappa shape index (κ2) is 6.57. The molecular formula is C19H15F2N3OS. The number of rotatable bonds is 2. The van der Waals surface area contributed by atoms with Gasteiger partial charge in [-0.1, -0.05) is 12.1 Å². The summed E-state index contributed by atoms with van der Waals surface area (Å²) in [6.07, 6.45) is 0. The van der Waals surface area contributed by atoms with Crippen LogP contribution in [-0.2, 0) is 4.79 Å². The van der Waals surface area contributed by atoms with Crippen LogP contribution >= 0.6 is 11.8 Å². The summed E-state index contributed by atoms with van der Waals surface area (Å²) < 4.78 is 28.6. The minimum absolute atomic E-state index is 0.154. The fourth-order valence-electron chi connectivity index (χ4n) is 3.09. The zero-order valence-electron chi connectivity index (χ0n) is 13.9. The Kier molecular flexibility index (Phi) is 4.24. The first-order valence-corrected chi connectivity index (χ1v) is 9.10. The van der Waals surface area contributed by atoms with Gasteiger partial charge in [0.1, 0.15) is 17.5 Å². The number of hydrogen-bond acceptors (Lipinski definition) is 3. The average molecular weight is 371 g/mol. The number of hydrogen-bond donors (Lipinski definition) is 1. The summed E-state index contributed by atoms with van der Waals surface area (Å²) in [5, 5.41) is 7.20.